The summed E-state index contributed by atoms with van der Waals surface area (Å²) in [7, 11) is 2.15. The molecule has 0 saturated carbocycles. The molecule has 1 aliphatic heterocycles. The molecule has 0 N–H and O–H groups in total. The van der Waals surface area contributed by atoms with Gasteiger partial charge in [0, 0.05) is 39.1 Å². The van der Waals surface area contributed by atoms with E-state index in [0.29, 0.717) is 13.0 Å². The Morgan fingerprint density at radius 3 is 2.65 bits per heavy atom. The second-order valence-electron chi connectivity index (χ2n) is 6.52. The van der Waals surface area contributed by atoms with E-state index in [-0.39, 0.29) is 5.78 Å². The highest BCUT2D eigenvalue weighted by atomic mass is 16.5. The monoisotopic (exact) mass is 318 g/mol. The molecule has 1 aromatic carbocycles. The summed E-state index contributed by atoms with van der Waals surface area (Å²) in [6.07, 6.45) is 2.68. The Balaban J connectivity index is 1.93. The summed E-state index contributed by atoms with van der Waals surface area (Å²) in [4.78, 5) is 17.4. The van der Waals surface area contributed by atoms with E-state index in [0.717, 1.165) is 62.4 Å². The molecule has 2 rings (SSSR count). The minimum atomic E-state index is 0.194. The van der Waals surface area contributed by atoms with E-state index in [4.69, 9.17) is 4.74 Å². The Morgan fingerprint density at radius 1 is 1.22 bits per heavy atom. The van der Waals surface area contributed by atoms with E-state index in [2.05, 4.69) is 23.8 Å². The highest BCUT2D eigenvalue weighted by Gasteiger charge is 2.17. The summed E-state index contributed by atoms with van der Waals surface area (Å²) in [6.45, 7) is 9.96. The maximum Gasteiger partial charge on any atom is 0.167 e. The number of nitrogens with zero attached hydrogens (tertiary/aromatic N) is 2. The van der Waals surface area contributed by atoms with Gasteiger partial charge in [0.05, 0.1) is 12.2 Å². The second kappa shape index (κ2) is 9.04. The molecule has 0 unspecified atom stereocenters. The van der Waals surface area contributed by atoms with Crippen LogP contribution >= 0.6 is 0 Å². The van der Waals surface area contributed by atoms with Gasteiger partial charge < -0.3 is 14.5 Å². The quantitative estimate of drug-likeness (QED) is 0.545. The Bertz CT molecular complexity index is 508. The van der Waals surface area contributed by atoms with Crippen molar-refractivity contribution in [2.45, 2.75) is 33.1 Å². The number of carbonyl (C=O) groups excluding carboxylic acids is 1. The van der Waals surface area contributed by atoms with Gasteiger partial charge in [-0.05, 0) is 32.5 Å². The fraction of sp³-hybridized carbons (Fsp3) is 0.632. The van der Waals surface area contributed by atoms with Gasteiger partial charge in [-0.1, -0.05) is 25.0 Å². The average Bonchev–Trinajstić information content (AvgIpc) is 2.55. The van der Waals surface area contributed by atoms with Gasteiger partial charge in [-0.25, -0.2) is 0 Å². The number of hydrogen-bond acceptors (Lipinski definition) is 4. The van der Waals surface area contributed by atoms with E-state index in [1.807, 2.05) is 25.1 Å². The maximum atomic E-state index is 12.6. The molecule has 1 heterocycles. The summed E-state index contributed by atoms with van der Waals surface area (Å²) >= 11 is 0. The van der Waals surface area contributed by atoms with E-state index in [1.165, 1.54) is 0 Å². The fourth-order valence-electron chi connectivity index (χ4n) is 2.78. The Kier molecular flexibility index (Phi) is 7.06. The highest BCUT2D eigenvalue weighted by Crippen LogP contribution is 2.22. The van der Waals surface area contributed by atoms with Crippen molar-refractivity contribution in [3.63, 3.8) is 0 Å². The number of hydrogen-bond donors (Lipinski definition) is 0. The Hall–Kier alpha value is -1.39. The van der Waals surface area contributed by atoms with Crippen molar-refractivity contribution in [1.29, 1.82) is 0 Å². The predicted octanol–water partition coefficient (Wildman–Crippen LogP) is 2.99. The largest absolute Gasteiger partial charge is 0.493 e. The van der Waals surface area contributed by atoms with Crippen LogP contribution in [0.4, 0.5) is 0 Å². The van der Waals surface area contributed by atoms with Gasteiger partial charge in [0.1, 0.15) is 5.75 Å². The van der Waals surface area contributed by atoms with E-state index in [1.54, 1.807) is 0 Å². The van der Waals surface area contributed by atoms with Crippen LogP contribution in [0.1, 0.15) is 42.1 Å². The molecule has 0 aliphatic carbocycles. The number of unbranched alkanes of at least 4 members (excludes halogenated alkanes) is 1. The van der Waals surface area contributed by atoms with Gasteiger partial charge in [-0.3, -0.25) is 4.79 Å². The molecule has 0 radical (unpaired) electrons. The SMILES string of the molecule is CCCCOc1ccc(C)cc1C(=O)CCN1CCN(C)CC1. The highest BCUT2D eigenvalue weighted by molar-refractivity contribution is 5.99. The molecule has 128 valence electrons. The first kappa shape index (κ1) is 18.0. The number of ketones is 1. The third-order valence-electron chi connectivity index (χ3n) is 4.44. The number of piperazine rings is 1. The first-order valence-electron chi connectivity index (χ1n) is 8.77. The standard InChI is InChI=1S/C19H30N2O2/c1-4-5-14-23-19-7-6-16(2)15-17(19)18(22)8-9-21-12-10-20(3)11-13-21/h6-7,15H,4-5,8-14H2,1-3H3. The van der Waals surface area contributed by atoms with Crippen molar-refractivity contribution in [3.8, 4) is 5.75 Å². The molecule has 1 fully saturated rings. The third kappa shape index (κ3) is 5.63. The molecule has 0 atom stereocenters. The van der Waals surface area contributed by atoms with Gasteiger partial charge in [0.15, 0.2) is 5.78 Å². The van der Waals surface area contributed by atoms with Crippen molar-refractivity contribution >= 4 is 5.78 Å². The molecule has 0 spiro atoms. The molecule has 23 heavy (non-hydrogen) atoms. The zero-order valence-corrected chi connectivity index (χ0v) is 14.8. The number of ether oxygens (including phenoxy) is 1. The van der Waals surface area contributed by atoms with Crippen LogP contribution in [-0.2, 0) is 0 Å². The summed E-state index contributed by atoms with van der Waals surface area (Å²) in [6, 6.07) is 5.92. The van der Waals surface area contributed by atoms with Crippen LogP contribution in [0.2, 0.25) is 0 Å². The first-order valence-corrected chi connectivity index (χ1v) is 8.77. The Morgan fingerprint density at radius 2 is 1.96 bits per heavy atom. The second-order valence-corrected chi connectivity index (χ2v) is 6.52. The molecule has 1 aliphatic rings. The van der Waals surface area contributed by atoms with E-state index < -0.39 is 0 Å². The number of benzene rings is 1. The van der Waals surface area contributed by atoms with Crippen LogP contribution in [0.15, 0.2) is 18.2 Å². The van der Waals surface area contributed by atoms with Crippen molar-refractivity contribution in [3.05, 3.63) is 29.3 Å². The van der Waals surface area contributed by atoms with Crippen molar-refractivity contribution < 1.29 is 9.53 Å². The van der Waals surface area contributed by atoms with Crippen LogP contribution in [0, 0.1) is 6.92 Å². The summed E-state index contributed by atoms with van der Waals surface area (Å²) < 4.78 is 5.82. The summed E-state index contributed by atoms with van der Waals surface area (Å²) in [5.41, 5.74) is 1.85. The average molecular weight is 318 g/mol. The van der Waals surface area contributed by atoms with Gasteiger partial charge in [0.2, 0.25) is 0 Å². The zero-order chi connectivity index (χ0) is 16.7. The van der Waals surface area contributed by atoms with Gasteiger partial charge >= 0.3 is 0 Å². The van der Waals surface area contributed by atoms with Crippen LogP contribution < -0.4 is 4.74 Å². The van der Waals surface area contributed by atoms with Crippen molar-refractivity contribution in [2.24, 2.45) is 0 Å². The van der Waals surface area contributed by atoms with Crippen LogP contribution in [-0.4, -0.2) is 62.0 Å². The lowest BCUT2D eigenvalue weighted by atomic mass is 10.0. The topological polar surface area (TPSA) is 32.8 Å². The Labute approximate surface area is 140 Å². The number of aryl methyl sites for hydroxylation is 1. The third-order valence-corrected chi connectivity index (χ3v) is 4.44. The smallest absolute Gasteiger partial charge is 0.167 e. The lowest BCUT2D eigenvalue weighted by molar-refractivity contribution is 0.0938. The van der Waals surface area contributed by atoms with E-state index in [9.17, 15) is 4.79 Å². The minimum Gasteiger partial charge on any atom is -0.493 e. The molecule has 0 amide bonds. The molecule has 4 nitrogen and oxygen atoms in total. The molecular weight excluding hydrogens is 288 g/mol. The van der Waals surface area contributed by atoms with E-state index >= 15 is 0 Å². The van der Waals surface area contributed by atoms with Crippen LogP contribution in [0.5, 0.6) is 5.75 Å². The van der Waals surface area contributed by atoms with Crippen LogP contribution in [0.25, 0.3) is 0 Å². The maximum absolute atomic E-state index is 12.6. The molecular formula is C19H30N2O2. The normalized spacial score (nSPS) is 16.5. The van der Waals surface area contributed by atoms with Crippen molar-refractivity contribution in [1.82, 2.24) is 9.80 Å². The molecule has 4 heteroatoms. The molecule has 1 aromatic rings. The first-order chi connectivity index (χ1) is 11.1. The number of carbonyl (C=O) groups is 1. The summed E-state index contributed by atoms with van der Waals surface area (Å²) in [5.74, 6) is 0.937. The molecule has 1 saturated heterocycles. The lowest BCUT2D eigenvalue weighted by Gasteiger charge is -2.32. The van der Waals surface area contributed by atoms with Gasteiger partial charge in [-0.15, -0.1) is 0 Å². The fourth-order valence-corrected chi connectivity index (χ4v) is 2.78. The zero-order valence-electron chi connectivity index (χ0n) is 14.8. The number of likely N-dealkylation sites (N-methyl/N-ethyl adjacent to an activating group) is 1. The lowest BCUT2D eigenvalue weighted by Crippen LogP contribution is -2.45. The molecule has 0 bridgehead atoms. The van der Waals surface area contributed by atoms with Gasteiger partial charge in [-0.2, -0.15) is 0 Å². The van der Waals surface area contributed by atoms with Crippen LogP contribution in [0.3, 0.4) is 0 Å². The number of rotatable bonds is 8. The van der Waals surface area contributed by atoms with Gasteiger partial charge in [0.25, 0.3) is 0 Å². The molecule has 0 aromatic heterocycles. The van der Waals surface area contributed by atoms with Crippen molar-refractivity contribution in [2.75, 3.05) is 46.4 Å². The predicted molar refractivity (Wildman–Crippen MR) is 94.5 cm³/mol. The minimum absolute atomic E-state index is 0.194. The number of Topliss-reactive ketones (excluding diaryl/α,β-unsaturated/α-hetero) is 1. The summed E-state index contributed by atoms with van der Waals surface area (Å²) in [5, 5.41) is 0.